The van der Waals surface area contributed by atoms with Gasteiger partial charge >= 0.3 is 0 Å². The number of piperidine rings is 1. The molecule has 2 saturated heterocycles. The predicted molar refractivity (Wildman–Crippen MR) is 95.5 cm³/mol. The van der Waals surface area contributed by atoms with Gasteiger partial charge in [0.1, 0.15) is 0 Å². The zero-order valence-corrected chi connectivity index (χ0v) is 15.0. The number of nitrogens with zero attached hydrogens (tertiary/aromatic N) is 3. The van der Waals surface area contributed by atoms with Gasteiger partial charge in [-0.15, -0.1) is 24.8 Å². The number of hydrogen-bond donors (Lipinski definition) is 2. The summed E-state index contributed by atoms with van der Waals surface area (Å²) < 4.78 is 0. The van der Waals surface area contributed by atoms with E-state index >= 15 is 0 Å². The number of anilines is 1. The number of carbonyl (C=O) groups is 1. The van der Waals surface area contributed by atoms with Gasteiger partial charge in [0, 0.05) is 38.1 Å². The molecule has 6 nitrogen and oxygen atoms in total. The van der Waals surface area contributed by atoms with Crippen molar-refractivity contribution in [2.45, 2.75) is 32.2 Å². The fourth-order valence-electron chi connectivity index (χ4n) is 3.10. The van der Waals surface area contributed by atoms with Crippen LogP contribution in [0.4, 0.5) is 5.95 Å². The van der Waals surface area contributed by atoms with E-state index < -0.39 is 0 Å². The van der Waals surface area contributed by atoms with Crippen LogP contribution < -0.4 is 15.5 Å². The van der Waals surface area contributed by atoms with Gasteiger partial charge in [-0.1, -0.05) is 0 Å². The minimum absolute atomic E-state index is 0. The Morgan fingerprint density at radius 2 is 2.13 bits per heavy atom. The molecule has 8 heteroatoms. The summed E-state index contributed by atoms with van der Waals surface area (Å²) in [6, 6.07) is 2.01. The summed E-state index contributed by atoms with van der Waals surface area (Å²) in [6.07, 6.45) is 6.51. The first-order valence-electron chi connectivity index (χ1n) is 7.71. The molecule has 0 spiro atoms. The maximum atomic E-state index is 12.5. The molecule has 2 aliphatic heterocycles. The predicted octanol–water partition coefficient (Wildman–Crippen LogP) is 1.40. The quantitative estimate of drug-likeness (QED) is 0.851. The van der Waals surface area contributed by atoms with Gasteiger partial charge in [0.15, 0.2) is 0 Å². The van der Waals surface area contributed by atoms with Crippen molar-refractivity contribution in [3.05, 3.63) is 18.5 Å². The Morgan fingerprint density at radius 1 is 1.39 bits per heavy atom. The average molecular weight is 362 g/mol. The van der Waals surface area contributed by atoms with Crippen LogP contribution in [0.15, 0.2) is 18.5 Å². The van der Waals surface area contributed by atoms with Crippen molar-refractivity contribution in [3.63, 3.8) is 0 Å². The number of carbonyl (C=O) groups excluding carboxylic acids is 1. The van der Waals surface area contributed by atoms with Crippen LogP contribution in [0.25, 0.3) is 0 Å². The number of nitrogens with one attached hydrogen (secondary N) is 2. The van der Waals surface area contributed by atoms with Crippen molar-refractivity contribution in [2.75, 3.05) is 31.1 Å². The van der Waals surface area contributed by atoms with Crippen LogP contribution in [0.3, 0.4) is 0 Å². The molecule has 1 amide bonds. The van der Waals surface area contributed by atoms with Crippen LogP contribution in [0, 0.1) is 5.41 Å². The summed E-state index contributed by atoms with van der Waals surface area (Å²) in [4.78, 5) is 23.2. The maximum Gasteiger partial charge on any atom is 0.227 e. The van der Waals surface area contributed by atoms with E-state index in [1.807, 2.05) is 13.0 Å². The molecule has 0 aromatic carbocycles. The average Bonchev–Trinajstić information content (AvgIpc) is 2.97. The summed E-state index contributed by atoms with van der Waals surface area (Å²) in [5.41, 5.74) is -0.258. The standard InChI is InChI=1S/C15H23N5O.2ClH/c1-15(5-8-16-11-15)13(21)19-12-4-2-9-20(10-12)14-17-6-3-7-18-14;;/h3,6-7,12,16H,2,4-5,8-11H2,1H3,(H,19,21);2*1H. The van der Waals surface area contributed by atoms with Gasteiger partial charge in [-0.25, -0.2) is 9.97 Å². The summed E-state index contributed by atoms with van der Waals surface area (Å²) in [6.45, 7) is 5.49. The van der Waals surface area contributed by atoms with Gasteiger partial charge < -0.3 is 15.5 Å². The Hall–Kier alpha value is -1.11. The largest absolute Gasteiger partial charge is 0.351 e. The van der Waals surface area contributed by atoms with E-state index in [2.05, 4.69) is 25.5 Å². The van der Waals surface area contributed by atoms with Crippen molar-refractivity contribution in [3.8, 4) is 0 Å². The van der Waals surface area contributed by atoms with Crippen molar-refractivity contribution in [2.24, 2.45) is 5.41 Å². The molecular formula is C15H25Cl2N5O. The number of halogens is 2. The number of amides is 1. The van der Waals surface area contributed by atoms with Crippen molar-refractivity contribution >= 4 is 36.7 Å². The van der Waals surface area contributed by atoms with Crippen LogP contribution in [0.5, 0.6) is 0 Å². The van der Waals surface area contributed by atoms with Gasteiger partial charge in [0.05, 0.1) is 5.41 Å². The molecular weight excluding hydrogens is 337 g/mol. The molecule has 23 heavy (non-hydrogen) atoms. The van der Waals surface area contributed by atoms with E-state index in [9.17, 15) is 4.79 Å². The molecule has 2 aliphatic rings. The van der Waals surface area contributed by atoms with Crippen LogP contribution in [0.1, 0.15) is 26.2 Å². The molecule has 1 aromatic rings. The van der Waals surface area contributed by atoms with E-state index in [4.69, 9.17) is 0 Å². The summed E-state index contributed by atoms with van der Waals surface area (Å²) in [7, 11) is 0. The van der Waals surface area contributed by atoms with Crippen molar-refractivity contribution in [1.29, 1.82) is 0 Å². The molecule has 0 radical (unpaired) electrons. The number of aromatic nitrogens is 2. The second-order valence-electron chi connectivity index (χ2n) is 6.29. The zero-order valence-electron chi connectivity index (χ0n) is 13.3. The molecule has 3 rings (SSSR count). The first-order chi connectivity index (χ1) is 10.2. The highest BCUT2D eigenvalue weighted by Gasteiger charge is 2.37. The van der Waals surface area contributed by atoms with Crippen molar-refractivity contribution < 1.29 is 4.79 Å². The van der Waals surface area contributed by atoms with Gasteiger partial charge in [-0.2, -0.15) is 0 Å². The van der Waals surface area contributed by atoms with Gasteiger partial charge in [-0.05, 0) is 38.8 Å². The SMILES string of the molecule is CC1(C(=O)NC2CCCN(c3ncccn3)C2)CCNC1.Cl.Cl. The second kappa shape index (κ2) is 8.66. The lowest BCUT2D eigenvalue weighted by atomic mass is 9.88. The van der Waals surface area contributed by atoms with Gasteiger partial charge in [0.2, 0.25) is 11.9 Å². The highest BCUT2D eigenvalue weighted by molar-refractivity contribution is 5.85. The Morgan fingerprint density at radius 3 is 2.78 bits per heavy atom. The van der Waals surface area contributed by atoms with E-state index in [1.54, 1.807) is 12.4 Å². The first-order valence-corrected chi connectivity index (χ1v) is 7.71. The molecule has 0 aliphatic carbocycles. The molecule has 3 heterocycles. The fourth-order valence-corrected chi connectivity index (χ4v) is 3.10. The topological polar surface area (TPSA) is 70.2 Å². The Labute approximate surface area is 149 Å². The lowest BCUT2D eigenvalue weighted by Gasteiger charge is -2.34. The van der Waals surface area contributed by atoms with Gasteiger partial charge in [0.25, 0.3) is 0 Å². The Kier molecular flexibility index (Phi) is 7.51. The highest BCUT2D eigenvalue weighted by atomic mass is 35.5. The lowest BCUT2D eigenvalue weighted by Crippen LogP contribution is -2.52. The van der Waals surface area contributed by atoms with Crippen molar-refractivity contribution in [1.82, 2.24) is 20.6 Å². The van der Waals surface area contributed by atoms with E-state index in [0.717, 1.165) is 51.4 Å². The van der Waals surface area contributed by atoms with E-state index in [-0.39, 0.29) is 42.2 Å². The molecule has 130 valence electrons. The molecule has 2 unspecified atom stereocenters. The molecule has 1 aromatic heterocycles. The van der Waals surface area contributed by atoms with Crippen LogP contribution in [-0.4, -0.2) is 48.1 Å². The minimum atomic E-state index is -0.258. The second-order valence-corrected chi connectivity index (χ2v) is 6.29. The zero-order chi connectivity index (χ0) is 14.7. The highest BCUT2D eigenvalue weighted by Crippen LogP contribution is 2.25. The maximum absolute atomic E-state index is 12.5. The number of hydrogen-bond acceptors (Lipinski definition) is 5. The van der Waals surface area contributed by atoms with Crippen LogP contribution in [0.2, 0.25) is 0 Å². The van der Waals surface area contributed by atoms with E-state index in [0.29, 0.717) is 0 Å². The molecule has 2 fully saturated rings. The Balaban J connectivity index is 0.00000132. The van der Waals surface area contributed by atoms with E-state index in [1.165, 1.54) is 0 Å². The normalized spacial score (nSPS) is 26.8. The number of rotatable bonds is 3. The van der Waals surface area contributed by atoms with Crippen LogP contribution in [-0.2, 0) is 4.79 Å². The summed E-state index contributed by atoms with van der Waals surface area (Å²) in [5, 5.41) is 6.50. The van der Waals surface area contributed by atoms with Gasteiger partial charge in [-0.3, -0.25) is 4.79 Å². The molecule has 2 N–H and O–H groups in total. The third-order valence-electron chi connectivity index (χ3n) is 4.51. The smallest absolute Gasteiger partial charge is 0.227 e. The fraction of sp³-hybridized carbons (Fsp3) is 0.667. The minimum Gasteiger partial charge on any atom is -0.351 e. The Bertz CT molecular complexity index is 496. The monoisotopic (exact) mass is 361 g/mol. The lowest BCUT2D eigenvalue weighted by molar-refractivity contribution is -0.130. The first kappa shape index (κ1) is 19.9. The summed E-state index contributed by atoms with van der Waals surface area (Å²) >= 11 is 0. The molecule has 0 bridgehead atoms. The van der Waals surface area contributed by atoms with Crippen LogP contribution >= 0.6 is 24.8 Å². The molecule has 0 saturated carbocycles. The summed E-state index contributed by atoms with van der Waals surface area (Å²) in [5.74, 6) is 0.929. The third-order valence-corrected chi connectivity index (χ3v) is 4.51. The third kappa shape index (κ3) is 4.68. The molecule has 2 atom stereocenters.